The highest BCUT2D eigenvalue weighted by Crippen LogP contribution is 2.49. The standard InChI is InChI=1S/C35H37NO7/c1-22-32(35(38)42-17-16-39-2)33(26-12-8-9-13-29(26)43-21-23-10-6-5-7-11-23)34-27(36-22)18-25(19-28(34)37)24-14-15-30(40-3)31(20-24)41-4/h5-15,20,25,32-33H,16-19,21H2,1-4H3/t25-,32?,33-/m1/s1. The predicted octanol–water partition coefficient (Wildman–Crippen LogP) is 6.05. The molecular formula is C35H37NO7. The van der Waals surface area contributed by atoms with Crippen molar-refractivity contribution in [3.63, 3.8) is 0 Å². The Bertz CT molecular complexity index is 1530. The van der Waals surface area contributed by atoms with E-state index in [2.05, 4.69) is 0 Å². The number of para-hydroxylation sites is 1. The molecule has 1 aliphatic heterocycles. The Labute approximate surface area is 252 Å². The SMILES string of the molecule is COCCOC(=O)C1C(C)=NC2=C(C(=O)C[C@H](c3ccc(OC)c(OC)c3)C2)[C@@H]1c1ccccc1OCc1ccccc1. The van der Waals surface area contributed by atoms with Gasteiger partial charge in [-0.15, -0.1) is 0 Å². The lowest BCUT2D eigenvalue weighted by molar-refractivity contribution is -0.147. The molecule has 43 heavy (non-hydrogen) atoms. The molecule has 0 saturated heterocycles. The average Bonchev–Trinajstić information content (AvgIpc) is 3.03. The molecule has 0 spiro atoms. The number of aliphatic imine (C=N–C) groups is 1. The fourth-order valence-electron chi connectivity index (χ4n) is 5.96. The largest absolute Gasteiger partial charge is 0.493 e. The van der Waals surface area contributed by atoms with Gasteiger partial charge in [-0.05, 0) is 48.6 Å². The van der Waals surface area contributed by atoms with Crippen molar-refractivity contribution in [1.82, 2.24) is 0 Å². The lowest BCUT2D eigenvalue weighted by Gasteiger charge is -2.37. The van der Waals surface area contributed by atoms with E-state index in [4.69, 9.17) is 28.7 Å². The van der Waals surface area contributed by atoms with Crippen LogP contribution in [0.2, 0.25) is 0 Å². The molecule has 1 aliphatic carbocycles. The monoisotopic (exact) mass is 583 g/mol. The number of methoxy groups -OCH3 is 3. The zero-order chi connectivity index (χ0) is 30.3. The Morgan fingerprint density at radius 3 is 2.35 bits per heavy atom. The van der Waals surface area contributed by atoms with Gasteiger partial charge in [-0.1, -0.05) is 54.6 Å². The van der Waals surface area contributed by atoms with Crippen LogP contribution in [-0.2, 0) is 25.7 Å². The molecule has 1 unspecified atom stereocenters. The highest BCUT2D eigenvalue weighted by atomic mass is 16.6. The van der Waals surface area contributed by atoms with Crippen LogP contribution in [0.25, 0.3) is 0 Å². The second-order valence-electron chi connectivity index (χ2n) is 10.7. The zero-order valence-corrected chi connectivity index (χ0v) is 25.0. The number of ether oxygens (including phenoxy) is 5. The smallest absolute Gasteiger partial charge is 0.315 e. The second-order valence-corrected chi connectivity index (χ2v) is 10.7. The molecule has 5 rings (SSSR count). The van der Waals surface area contributed by atoms with Crippen molar-refractivity contribution >= 4 is 17.5 Å². The molecule has 8 nitrogen and oxygen atoms in total. The number of nitrogens with zero attached hydrogens (tertiary/aromatic N) is 1. The summed E-state index contributed by atoms with van der Waals surface area (Å²) in [5.41, 5.74) is 4.58. The number of hydrogen-bond acceptors (Lipinski definition) is 8. The number of carbonyl (C=O) groups is 2. The summed E-state index contributed by atoms with van der Waals surface area (Å²) >= 11 is 0. The van der Waals surface area contributed by atoms with Crippen molar-refractivity contribution in [3.05, 3.63) is 101 Å². The van der Waals surface area contributed by atoms with Gasteiger partial charge >= 0.3 is 5.97 Å². The number of benzene rings is 3. The summed E-state index contributed by atoms with van der Waals surface area (Å²) in [4.78, 5) is 32.6. The van der Waals surface area contributed by atoms with E-state index < -0.39 is 17.8 Å². The summed E-state index contributed by atoms with van der Waals surface area (Å²) in [5, 5.41) is 0. The van der Waals surface area contributed by atoms with Gasteiger partial charge in [0.2, 0.25) is 0 Å². The van der Waals surface area contributed by atoms with Crippen LogP contribution in [0.1, 0.15) is 48.3 Å². The number of ketones is 1. The van der Waals surface area contributed by atoms with Gasteiger partial charge in [0.1, 0.15) is 24.9 Å². The Kier molecular flexibility index (Phi) is 9.57. The van der Waals surface area contributed by atoms with E-state index in [1.54, 1.807) is 21.3 Å². The summed E-state index contributed by atoms with van der Waals surface area (Å²) in [6.07, 6.45) is 0.820. The molecule has 224 valence electrons. The molecule has 0 fully saturated rings. The number of carbonyl (C=O) groups excluding carboxylic acids is 2. The predicted molar refractivity (Wildman–Crippen MR) is 163 cm³/mol. The fourth-order valence-corrected chi connectivity index (χ4v) is 5.96. The molecule has 1 heterocycles. The van der Waals surface area contributed by atoms with Crippen molar-refractivity contribution in [2.24, 2.45) is 10.9 Å². The molecule has 0 saturated carbocycles. The minimum atomic E-state index is -0.779. The molecule has 3 atom stereocenters. The minimum absolute atomic E-state index is 0.0464. The highest BCUT2D eigenvalue weighted by molar-refractivity contribution is 6.09. The topological polar surface area (TPSA) is 92.7 Å². The van der Waals surface area contributed by atoms with E-state index in [1.165, 1.54) is 0 Å². The molecular weight excluding hydrogens is 546 g/mol. The van der Waals surface area contributed by atoms with Gasteiger partial charge in [-0.2, -0.15) is 0 Å². The van der Waals surface area contributed by atoms with Crippen LogP contribution in [0.3, 0.4) is 0 Å². The highest BCUT2D eigenvalue weighted by Gasteiger charge is 2.45. The fraction of sp³-hybridized carbons (Fsp3) is 0.343. The molecule has 3 aromatic carbocycles. The first kappa shape index (κ1) is 30.0. The van der Waals surface area contributed by atoms with Crippen LogP contribution in [0, 0.1) is 5.92 Å². The zero-order valence-electron chi connectivity index (χ0n) is 25.0. The molecule has 2 aliphatic rings. The Morgan fingerprint density at radius 2 is 1.60 bits per heavy atom. The Balaban J connectivity index is 1.54. The van der Waals surface area contributed by atoms with Crippen LogP contribution in [-0.4, -0.2) is 52.0 Å². The number of rotatable bonds is 11. The first-order chi connectivity index (χ1) is 20.9. The van der Waals surface area contributed by atoms with E-state index in [0.29, 0.717) is 47.3 Å². The van der Waals surface area contributed by atoms with Gasteiger partial charge in [-0.3, -0.25) is 14.6 Å². The molecule has 0 radical (unpaired) electrons. The number of esters is 1. The van der Waals surface area contributed by atoms with Gasteiger partial charge in [0.05, 0.1) is 20.8 Å². The average molecular weight is 584 g/mol. The van der Waals surface area contributed by atoms with Gasteiger partial charge in [-0.25, -0.2) is 0 Å². The maximum atomic E-state index is 14.1. The molecule has 0 aromatic heterocycles. The quantitative estimate of drug-likeness (QED) is 0.201. The van der Waals surface area contributed by atoms with Crippen LogP contribution in [0.4, 0.5) is 0 Å². The molecule has 3 aromatic rings. The molecule has 0 N–H and O–H groups in total. The first-order valence-corrected chi connectivity index (χ1v) is 14.4. The van der Waals surface area contributed by atoms with Crippen molar-refractivity contribution in [1.29, 1.82) is 0 Å². The van der Waals surface area contributed by atoms with Crippen LogP contribution in [0.15, 0.2) is 89.1 Å². The van der Waals surface area contributed by atoms with Crippen molar-refractivity contribution in [2.75, 3.05) is 34.5 Å². The maximum absolute atomic E-state index is 14.1. The lowest BCUT2D eigenvalue weighted by Crippen LogP contribution is -2.38. The Morgan fingerprint density at radius 1 is 0.860 bits per heavy atom. The van der Waals surface area contributed by atoms with E-state index >= 15 is 0 Å². The maximum Gasteiger partial charge on any atom is 0.315 e. The second kappa shape index (κ2) is 13.7. The van der Waals surface area contributed by atoms with Gasteiger partial charge < -0.3 is 23.7 Å². The third-order valence-electron chi connectivity index (χ3n) is 8.04. The summed E-state index contributed by atoms with van der Waals surface area (Å²) in [5.74, 6) is -0.122. The van der Waals surface area contributed by atoms with Crippen LogP contribution < -0.4 is 14.2 Å². The van der Waals surface area contributed by atoms with E-state index in [-0.39, 0.29) is 31.3 Å². The third kappa shape index (κ3) is 6.49. The first-order valence-electron chi connectivity index (χ1n) is 14.4. The van der Waals surface area contributed by atoms with Gasteiger partial charge in [0.25, 0.3) is 0 Å². The molecule has 8 heteroatoms. The van der Waals surface area contributed by atoms with Gasteiger partial charge in [0, 0.05) is 42.0 Å². The number of hydrogen-bond donors (Lipinski definition) is 0. The molecule has 0 bridgehead atoms. The van der Waals surface area contributed by atoms with Crippen molar-refractivity contribution in [2.45, 2.75) is 38.2 Å². The summed E-state index contributed by atoms with van der Waals surface area (Å²) < 4.78 is 28.0. The van der Waals surface area contributed by atoms with Crippen LogP contribution >= 0.6 is 0 Å². The molecule has 0 amide bonds. The van der Waals surface area contributed by atoms with Crippen molar-refractivity contribution < 1.29 is 33.3 Å². The van der Waals surface area contributed by atoms with Crippen molar-refractivity contribution in [3.8, 4) is 17.2 Å². The summed E-state index contributed by atoms with van der Waals surface area (Å²) in [6.45, 7) is 2.56. The lowest BCUT2D eigenvalue weighted by atomic mass is 9.69. The number of allylic oxidation sites excluding steroid dienone is 2. The third-order valence-corrected chi connectivity index (χ3v) is 8.04. The van der Waals surface area contributed by atoms with E-state index in [1.807, 2.05) is 79.7 Å². The summed E-state index contributed by atoms with van der Waals surface area (Å²) in [6, 6.07) is 23.2. The number of Topliss-reactive ketones (excluding diaryl/α,β-unsaturated/α-hetero) is 1. The normalized spacial score (nSPS) is 19.8. The van der Waals surface area contributed by atoms with E-state index in [0.717, 1.165) is 16.7 Å². The van der Waals surface area contributed by atoms with E-state index in [9.17, 15) is 9.59 Å². The minimum Gasteiger partial charge on any atom is -0.493 e. The van der Waals surface area contributed by atoms with Gasteiger partial charge in [0.15, 0.2) is 17.3 Å². The van der Waals surface area contributed by atoms with Crippen LogP contribution in [0.5, 0.6) is 17.2 Å². The summed E-state index contributed by atoms with van der Waals surface area (Å²) in [7, 11) is 4.74. The Hall–Kier alpha value is -4.43.